The lowest BCUT2D eigenvalue weighted by atomic mass is 9.67. The number of carboxylic acid groups (broad SMARTS) is 1. The first kappa shape index (κ1) is 13.5. The van der Waals surface area contributed by atoms with Gasteiger partial charge in [0.2, 0.25) is 0 Å². The van der Waals surface area contributed by atoms with Crippen molar-refractivity contribution in [3.8, 4) is 0 Å². The Balaban J connectivity index is 2.60. The maximum absolute atomic E-state index is 10.9. The van der Waals surface area contributed by atoms with E-state index in [0.29, 0.717) is 11.8 Å². The van der Waals surface area contributed by atoms with Gasteiger partial charge in [-0.3, -0.25) is 4.79 Å². The van der Waals surface area contributed by atoms with Crippen molar-refractivity contribution in [3.63, 3.8) is 0 Å². The molecule has 0 aromatic carbocycles. The van der Waals surface area contributed by atoms with E-state index in [1.807, 2.05) is 6.92 Å². The molecule has 94 valence electrons. The first-order valence-electron chi connectivity index (χ1n) is 6.64. The standard InChI is InChI=1S/C14H26O2/c1-9(2)13-6-5-10(3)7-12(13)8-11(4)14(15)16/h9-13H,5-8H2,1-4H3,(H,15,16). The molecule has 1 aliphatic carbocycles. The van der Waals surface area contributed by atoms with Gasteiger partial charge >= 0.3 is 5.97 Å². The van der Waals surface area contributed by atoms with Gasteiger partial charge in [-0.25, -0.2) is 0 Å². The fraction of sp³-hybridized carbons (Fsp3) is 0.929. The number of hydrogen-bond donors (Lipinski definition) is 1. The van der Waals surface area contributed by atoms with E-state index in [0.717, 1.165) is 18.3 Å². The predicted molar refractivity (Wildman–Crippen MR) is 66.2 cm³/mol. The maximum Gasteiger partial charge on any atom is 0.306 e. The topological polar surface area (TPSA) is 37.3 Å². The van der Waals surface area contributed by atoms with Crippen molar-refractivity contribution in [2.24, 2.45) is 29.6 Å². The summed E-state index contributed by atoms with van der Waals surface area (Å²) in [5.41, 5.74) is 0. The van der Waals surface area contributed by atoms with Gasteiger partial charge in [0, 0.05) is 0 Å². The molecule has 0 heterocycles. The quantitative estimate of drug-likeness (QED) is 0.791. The normalized spacial score (nSPS) is 32.7. The van der Waals surface area contributed by atoms with Crippen molar-refractivity contribution in [3.05, 3.63) is 0 Å². The molecule has 0 amide bonds. The zero-order valence-corrected chi connectivity index (χ0v) is 11.1. The molecule has 0 saturated heterocycles. The Morgan fingerprint density at radius 1 is 1.31 bits per heavy atom. The summed E-state index contributed by atoms with van der Waals surface area (Å²) in [7, 11) is 0. The first-order valence-corrected chi connectivity index (χ1v) is 6.64. The van der Waals surface area contributed by atoms with Crippen molar-refractivity contribution in [2.45, 2.75) is 53.4 Å². The predicted octanol–water partition coefficient (Wildman–Crippen LogP) is 3.81. The lowest BCUT2D eigenvalue weighted by Crippen LogP contribution is -2.30. The van der Waals surface area contributed by atoms with E-state index in [2.05, 4.69) is 20.8 Å². The van der Waals surface area contributed by atoms with Gasteiger partial charge in [-0.2, -0.15) is 0 Å². The summed E-state index contributed by atoms with van der Waals surface area (Å²) < 4.78 is 0. The Morgan fingerprint density at radius 3 is 2.44 bits per heavy atom. The van der Waals surface area contributed by atoms with Crippen LogP contribution in [0.3, 0.4) is 0 Å². The van der Waals surface area contributed by atoms with Crippen LogP contribution in [0.4, 0.5) is 0 Å². The summed E-state index contributed by atoms with van der Waals surface area (Å²) in [6, 6.07) is 0. The first-order chi connectivity index (χ1) is 7.41. The van der Waals surface area contributed by atoms with Gasteiger partial charge in [0.15, 0.2) is 0 Å². The molecule has 1 rings (SSSR count). The molecule has 0 aromatic rings. The van der Waals surface area contributed by atoms with E-state index < -0.39 is 5.97 Å². The Labute approximate surface area is 99.4 Å². The summed E-state index contributed by atoms with van der Waals surface area (Å²) in [6.45, 7) is 8.70. The molecule has 0 aromatic heterocycles. The van der Waals surface area contributed by atoms with Crippen LogP contribution in [-0.4, -0.2) is 11.1 Å². The fourth-order valence-electron chi connectivity index (χ4n) is 3.23. The average Bonchev–Trinajstić information content (AvgIpc) is 2.16. The van der Waals surface area contributed by atoms with E-state index in [4.69, 9.17) is 5.11 Å². The molecule has 1 aliphatic rings. The minimum Gasteiger partial charge on any atom is -0.481 e. The Hall–Kier alpha value is -0.530. The highest BCUT2D eigenvalue weighted by atomic mass is 16.4. The van der Waals surface area contributed by atoms with Gasteiger partial charge < -0.3 is 5.11 Å². The van der Waals surface area contributed by atoms with E-state index >= 15 is 0 Å². The molecule has 0 spiro atoms. The second kappa shape index (κ2) is 5.70. The third-order valence-corrected chi connectivity index (χ3v) is 4.24. The van der Waals surface area contributed by atoms with Gasteiger partial charge in [-0.15, -0.1) is 0 Å². The second-order valence-corrected chi connectivity index (χ2v) is 6.06. The summed E-state index contributed by atoms with van der Waals surface area (Å²) in [5.74, 6) is 2.00. The molecular weight excluding hydrogens is 200 g/mol. The third kappa shape index (κ3) is 3.50. The largest absolute Gasteiger partial charge is 0.481 e. The third-order valence-electron chi connectivity index (χ3n) is 4.24. The molecule has 1 N–H and O–H groups in total. The molecule has 1 fully saturated rings. The van der Waals surface area contributed by atoms with E-state index in [-0.39, 0.29) is 5.92 Å². The van der Waals surface area contributed by atoms with Crippen LogP contribution in [0, 0.1) is 29.6 Å². The van der Waals surface area contributed by atoms with Crippen molar-refractivity contribution < 1.29 is 9.90 Å². The lowest BCUT2D eigenvalue weighted by Gasteiger charge is -2.38. The number of hydrogen-bond acceptors (Lipinski definition) is 1. The summed E-state index contributed by atoms with van der Waals surface area (Å²) >= 11 is 0. The van der Waals surface area contributed by atoms with Crippen molar-refractivity contribution >= 4 is 5.97 Å². The van der Waals surface area contributed by atoms with Crippen molar-refractivity contribution in [1.29, 1.82) is 0 Å². The molecule has 0 aliphatic heterocycles. The summed E-state index contributed by atoms with van der Waals surface area (Å²) in [5, 5.41) is 9.00. The van der Waals surface area contributed by atoms with Gasteiger partial charge in [-0.05, 0) is 42.9 Å². The highest BCUT2D eigenvalue weighted by molar-refractivity contribution is 5.69. The molecule has 0 bridgehead atoms. The number of aliphatic carboxylic acids is 1. The average molecular weight is 226 g/mol. The lowest BCUT2D eigenvalue weighted by molar-refractivity contribution is -0.142. The smallest absolute Gasteiger partial charge is 0.306 e. The minimum absolute atomic E-state index is 0.184. The molecular formula is C14H26O2. The van der Waals surface area contributed by atoms with E-state index in [1.54, 1.807) is 0 Å². The Morgan fingerprint density at radius 2 is 1.94 bits per heavy atom. The molecule has 4 unspecified atom stereocenters. The SMILES string of the molecule is CC1CCC(C(C)C)C(CC(C)C(=O)O)C1. The second-order valence-electron chi connectivity index (χ2n) is 6.06. The Kier molecular flexibility index (Phi) is 4.82. The Bertz CT molecular complexity index is 235. The van der Waals surface area contributed by atoms with Crippen LogP contribution in [0.2, 0.25) is 0 Å². The fourth-order valence-corrected chi connectivity index (χ4v) is 3.23. The van der Waals surface area contributed by atoms with Crippen molar-refractivity contribution in [1.82, 2.24) is 0 Å². The van der Waals surface area contributed by atoms with Gasteiger partial charge in [0.1, 0.15) is 0 Å². The van der Waals surface area contributed by atoms with Crippen LogP contribution in [0.25, 0.3) is 0 Å². The molecule has 4 atom stereocenters. The molecule has 1 saturated carbocycles. The maximum atomic E-state index is 10.9. The van der Waals surface area contributed by atoms with E-state index in [1.165, 1.54) is 19.3 Å². The molecule has 2 nitrogen and oxygen atoms in total. The highest BCUT2D eigenvalue weighted by Gasteiger charge is 2.32. The number of carboxylic acids is 1. The highest BCUT2D eigenvalue weighted by Crippen LogP contribution is 2.40. The van der Waals surface area contributed by atoms with E-state index in [9.17, 15) is 4.79 Å². The summed E-state index contributed by atoms with van der Waals surface area (Å²) in [6.07, 6.45) is 4.69. The van der Waals surface area contributed by atoms with Crippen LogP contribution in [0.15, 0.2) is 0 Å². The van der Waals surface area contributed by atoms with Gasteiger partial charge in [0.05, 0.1) is 5.92 Å². The minimum atomic E-state index is -0.638. The monoisotopic (exact) mass is 226 g/mol. The van der Waals surface area contributed by atoms with Gasteiger partial charge in [0.25, 0.3) is 0 Å². The molecule has 0 radical (unpaired) electrons. The number of carbonyl (C=O) groups is 1. The van der Waals surface area contributed by atoms with Gasteiger partial charge in [-0.1, -0.05) is 34.1 Å². The zero-order chi connectivity index (χ0) is 12.3. The zero-order valence-electron chi connectivity index (χ0n) is 11.1. The van der Waals surface area contributed by atoms with Crippen LogP contribution >= 0.6 is 0 Å². The molecule has 2 heteroatoms. The van der Waals surface area contributed by atoms with Crippen molar-refractivity contribution in [2.75, 3.05) is 0 Å². The molecule has 16 heavy (non-hydrogen) atoms. The van der Waals surface area contributed by atoms with Crippen LogP contribution in [0.5, 0.6) is 0 Å². The van der Waals surface area contributed by atoms with Crippen LogP contribution in [0.1, 0.15) is 53.4 Å². The number of rotatable bonds is 4. The van der Waals surface area contributed by atoms with Crippen LogP contribution in [-0.2, 0) is 4.79 Å². The summed E-state index contributed by atoms with van der Waals surface area (Å²) in [4.78, 5) is 10.9. The van der Waals surface area contributed by atoms with Crippen LogP contribution < -0.4 is 0 Å².